The average molecular weight is 356 g/mol. The molecule has 0 aliphatic rings. The maximum Gasteiger partial charge on any atom is 0.389 e. The second-order valence-corrected chi connectivity index (χ2v) is 7.11. The predicted molar refractivity (Wildman–Crippen MR) is 90.8 cm³/mol. The van der Waals surface area contributed by atoms with Crippen LogP contribution in [0.25, 0.3) is 0 Å². The Labute approximate surface area is 142 Å². The molecule has 0 amide bonds. The minimum absolute atomic E-state index is 0.122. The Morgan fingerprint density at radius 1 is 1.00 bits per heavy atom. The summed E-state index contributed by atoms with van der Waals surface area (Å²) < 4.78 is 41.3. The third-order valence-corrected chi connectivity index (χ3v) is 4.81. The van der Waals surface area contributed by atoms with Crippen molar-refractivity contribution in [2.45, 2.75) is 89.5 Å². The predicted octanol–water partition coefficient (Wildman–Crippen LogP) is 6.13. The smallest absolute Gasteiger partial charge is 0.389 e. The standard InChI is InChI=1S/C17H31F3O2S/c1-3-5-8-11-15(16(21)22-13-4-2)23-14-10-7-6-9-12-17(18,19)20/h15H,3-14H2,1-2H3. The molecule has 0 N–H and O–H groups in total. The Hall–Kier alpha value is -0.390. The molecule has 0 radical (unpaired) electrons. The van der Waals surface area contributed by atoms with Crippen LogP contribution in [-0.4, -0.2) is 29.8 Å². The van der Waals surface area contributed by atoms with Crippen LogP contribution >= 0.6 is 11.8 Å². The first-order valence-electron chi connectivity index (χ1n) is 8.75. The molecule has 0 aromatic heterocycles. The Morgan fingerprint density at radius 3 is 2.30 bits per heavy atom. The molecule has 0 saturated carbocycles. The summed E-state index contributed by atoms with van der Waals surface area (Å²) in [6.07, 6.45) is 2.59. The van der Waals surface area contributed by atoms with E-state index in [-0.39, 0.29) is 17.6 Å². The first kappa shape index (κ1) is 22.6. The van der Waals surface area contributed by atoms with Crippen molar-refractivity contribution in [2.75, 3.05) is 12.4 Å². The van der Waals surface area contributed by atoms with E-state index in [4.69, 9.17) is 4.74 Å². The van der Waals surface area contributed by atoms with E-state index in [0.717, 1.165) is 50.7 Å². The maximum atomic E-state index is 12.0. The Balaban J connectivity index is 3.87. The van der Waals surface area contributed by atoms with Gasteiger partial charge in [-0.1, -0.05) is 46.0 Å². The molecule has 0 rings (SSSR count). The summed E-state index contributed by atoms with van der Waals surface area (Å²) in [6, 6.07) is 0. The molecule has 0 aromatic carbocycles. The van der Waals surface area contributed by atoms with E-state index in [1.54, 1.807) is 11.8 Å². The lowest BCUT2D eigenvalue weighted by Crippen LogP contribution is -2.21. The van der Waals surface area contributed by atoms with Crippen LogP contribution in [0.5, 0.6) is 0 Å². The first-order valence-corrected chi connectivity index (χ1v) is 9.80. The fourth-order valence-electron chi connectivity index (χ4n) is 2.15. The van der Waals surface area contributed by atoms with Gasteiger partial charge in [-0.15, -0.1) is 11.8 Å². The van der Waals surface area contributed by atoms with E-state index >= 15 is 0 Å². The number of rotatable bonds is 14. The molecule has 0 heterocycles. The third-order valence-electron chi connectivity index (χ3n) is 3.45. The lowest BCUT2D eigenvalue weighted by atomic mass is 10.1. The van der Waals surface area contributed by atoms with Gasteiger partial charge in [0.2, 0.25) is 0 Å². The van der Waals surface area contributed by atoms with Crippen molar-refractivity contribution in [1.82, 2.24) is 0 Å². The second-order valence-electron chi connectivity index (χ2n) is 5.80. The number of carbonyl (C=O) groups excluding carboxylic acids is 1. The van der Waals surface area contributed by atoms with Gasteiger partial charge in [-0.05, 0) is 31.4 Å². The second kappa shape index (κ2) is 14.0. The van der Waals surface area contributed by atoms with Crippen molar-refractivity contribution < 1.29 is 22.7 Å². The summed E-state index contributed by atoms with van der Waals surface area (Å²) in [4.78, 5) is 12.0. The zero-order valence-electron chi connectivity index (χ0n) is 14.4. The molecular weight excluding hydrogens is 325 g/mol. The van der Waals surface area contributed by atoms with Crippen LogP contribution in [-0.2, 0) is 9.53 Å². The molecule has 0 spiro atoms. The van der Waals surface area contributed by atoms with Crippen molar-refractivity contribution >= 4 is 17.7 Å². The van der Waals surface area contributed by atoms with Gasteiger partial charge in [-0.3, -0.25) is 4.79 Å². The van der Waals surface area contributed by atoms with Crippen molar-refractivity contribution in [2.24, 2.45) is 0 Å². The van der Waals surface area contributed by atoms with Gasteiger partial charge in [-0.25, -0.2) is 0 Å². The van der Waals surface area contributed by atoms with E-state index in [2.05, 4.69) is 6.92 Å². The van der Waals surface area contributed by atoms with Crippen LogP contribution in [0.15, 0.2) is 0 Å². The summed E-state index contributed by atoms with van der Waals surface area (Å²) in [5, 5.41) is -0.122. The van der Waals surface area contributed by atoms with Crippen molar-refractivity contribution in [1.29, 1.82) is 0 Å². The lowest BCUT2D eigenvalue weighted by molar-refractivity contribution is -0.143. The highest BCUT2D eigenvalue weighted by atomic mass is 32.2. The number of alkyl halides is 3. The number of hydrogen-bond donors (Lipinski definition) is 0. The van der Waals surface area contributed by atoms with E-state index in [1.807, 2.05) is 6.92 Å². The van der Waals surface area contributed by atoms with Gasteiger partial charge in [0.05, 0.1) is 6.61 Å². The minimum atomic E-state index is -4.04. The van der Waals surface area contributed by atoms with E-state index in [9.17, 15) is 18.0 Å². The van der Waals surface area contributed by atoms with Crippen LogP contribution in [0.1, 0.15) is 78.1 Å². The topological polar surface area (TPSA) is 26.3 Å². The first-order chi connectivity index (χ1) is 10.9. The zero-order valence-corrected chi connectivity index (χ0v) is 15.2. The molecular formula is C17H31F3O2S. The van der Waals surface area contributed by atoms with E-state index in [1.165, 1.54) is 0 Å². The van der Waals surface area contributed by atoms with Crippen LogP contribution < -0.4 is 0 Å². The number of esters is 1. The van der Waals surface area contributed by atoms with Gasteiger partial charge in [0.25, 0.3) is 0 Å². The molecule has 23 heavy (non-hydrogen) atoms. The Morgan fingerprint density at radius 2 is 1.70 bits per heavy atom. The van der Waals surface area contributed by atoms with Gasteiger partial charge in [-0.2, -0.15) is 13.2 Å². The van der Waals surface area contributed by atoms with Crippen molar-refractivity contribution in [3.8, 4) is 0 Å². The minimum Gasteiger partial charge on any atom is -0.465 e. The number of ether oxygens (including phenoxy) is 1. The summed E-state index contributed by atoms with van der Waals surface area (Å²) in [5.74, 6) is 0.675. The van der Waals surface area contributed by atoms with E-state index in [0.29, 0.717) is 13.0 Å². The fraction of sp³-hybridized carbons (Fsp3) is 0.941. The van der Waals surface area contributed by atoms with Crippen molar-refractivity contribution in [3.05, 3.63) is 0 Å². The lowest BCUT2D eigenvalue weighted by Gasteiger charge is -2.15. The third kappa shape index (κ3) is 14.9. The highest BCUT2D eigenvalue weighted by Gasteiger charge is 2.25. The summed E-state index contributed by atoms with van der Waals surface area (Å²) in [6.45, 7) is 4.55. The number of thioether (sulfide) groups is 1. The number of carbonyl (C=O) groups is 1. The highest BCUT2D eigenvalue weighted by molar-refractivity contribution is 8.00. The summed E-state index contributed by atoms with van der Waals surface area (Å²) >= 11 is 1.60. The van der Waals surface area contributed by atoms with Crippen LogP contribution in [0.4, 0.5) is 13.2 Å². The molecule has 0 aromatic rings. The monoisotopic (exact) mass is 356 g/mol. The Kier molecular flexibility index (Phi) is 13.8. The van der Waals surface area contributed by atoms with Gasteiger partial charge in [0.1, 0.15) is 5.25 Å². The average Bonchev–Trinajstić information content (AvgIpc) is 2.48. The number of hydrogen-bond acceptors (Lipinski definition) is 3. The molecule has 0 aliphatic carbocycles. The quantitative estimate of drug-likeness (QED) is 0.276. The molecule has 1 unspecified atom stereocenters. The Bertz CT molecular complexity index is 296. The molecule has 0 aliphatic heterocycles. The van der Waals surface area contributed by atoms with Crippen molar-refractivity contribution in [3.63, 3.8) is 0 Å². The van der Waals surface area contributed by atoms with E-state index < -0.39 is 12.6 Å². The highest BCUT2D eigenvalue weighted by Crippen LogP contribution is 2.24. The summed E-state index contributed by atoms with van der Waals surface area (Å²) in [7, 11) is 0. The SMILES string of the molecule is CCCCCC(SCCCCCCC(F)(F)F)C(=O)OCCC. The zero-order chi connectivity index (χ0) is 17.6. The molecule has 0 bridgehead atoms. The molecule has 0 saturated heterocycles. The normalized spacial score (nSPS) is 13.1. The van der Waals surface area contributed by atoms with Crippen LogP contribution in [0, 0.1) is 0 Å². The molecule has 6 heteroatoms. The summed E-state index contributed by atoms with van der Waals surface area (Å²) in [5.41, 5.74) is 0. The van der Waals surface area contributed by atoms with Gasteiger partial charge in [0, 0.05) is 6.42 Å². The molecule has 1 atom stereocenters. The van der Waals surface area contributed by atoms with Gasteiger partial charge in [0.15, 0.2) is 0 Å². The fourth-order valence-corrected chi connectivity index (χ4v) is 3.34. The largest absolute Gasteiger partial charge is 0.465 e. The van der Waals surface area contributed by atoms with Gasteiger partial charge < -0.3 is 4.74 Å². The van der Waals surface area contributed by atoms with Crippen LogP contribution in [0.3, 0.4) is 0 Å². The van der Waals surface area contributed by atoms with Crippen LogP contribution in [0.2, 0.25) is 0 Å². The number of halogens is 3. The molecule has 2 nitrogen and oxygen atoms in total. The molecule has 0 fully saturated rings. The molecule has 138 valence electrons. The van der Waals surface area contributed by atoms with Gasteiger partial charge >= 0.3 is 12.1 Å². The maximum absolute atomic E-state index is 12.0. The number of unbranched alkanes of at least 4 members (excludes halogenated alkanes) is 5.